The van der Waals surface area contributed by atoms with Gasteiger partial charge in [-0.3, -0.25) is 9.59 Å². The van der Waals surface area contributed by atoms with Crippen molar-refractivity contribution in [3.8, 4) is 11.5 Å². The minimum atomic E-state index is -1.03. The molecule has 0 N–H and O–H groups in total. The summed E-state index contributed by atoms with van der Waals surface area (Å²) in [7, 11) is 0. The Kier molecular flexibility index (Phi) is 2.56. The van der Waals surface area contributed by atoms with E-state index in [4.69, 9.17) is 14.2 Å². The van der Waals surface area contributed by atoms with Crippen LogP contribution in [0.5, 0.6) is 11.5 Å². The van der Waals surface area contributed by atoms with Crippen LogP contribution in [0.25, 0.3) is 0 Å². The van der Waals surface area contributed by atoms with Crippen LogP contribution >= 0.6 is 0 Å². The summed E-state index contributed by atoms with van der Waals surface area (Å²) in [6.45, 7) is 2.44. The Labute approximate surface area is 104 Å². The molecule has 5 nitrogen and oxygen atoms in total. The Morgan fingerprint density at radius 3 is 2.94 bits per heavy atom. The standard InChI is InChI=1S/C13H12O5/c1-7(14)13-12(15)11-9(17-6-8-5-16-8)3-2-4-10(11)18-13/h2-4,8,13H,5-6H2,1H3. The monoisotopic (exact) mass is 248 g/mol. The molecule has 0 aliphatic carbocycles. The highest BCUT2D eigenvalue weighted by atomic mass is 16.6. The summed E-state index contributed by atoms with van der Waals surface area (Å²) in [4.78, 5) is 23.4. The first-order chi connectivity index (χ1) is 8.66. The van der Waals surface area contributed by atoms with Gasteiger partial charge in [0.15, 0.2) is 5.78 Å². The molecule has 3 rings (SSSR count). The van der Waals surface area contributed by atoms with E-state index in [1.165, 1.54) is 6.92 Å². The number of fused-ring (bicyclic) bond motifs is 1. The van der Waals surface area contributed by atoms with E-state index in [0.717, 1.165) is 0 Å². The van der Waals surface area contributed by atoms with Gasteiger partial charge in [-0.25, -0.2) is 0 Å². The molecule has 2 heterocycles. The summed E-state index contributed by atoms with van der Waals surface area (Å²) in [6.07, 6.45) is -0.913. The molecule has 2 aliphatic heterocycles. The van der Waals surface area contributed by atoms with E-state index in [2.05, 4.69) is 0 Å². The number of hydrogen-bond donors (Lipinski definition) is 0. The molecule has 94 valence electrons. The van der Waals surface area contributed by atoms with E-state index in [1.807, 2.05) is 0 Å². The van der Waals surface area contributed by atoms with E-state index >= 15 is 0 Å². The van der Waals surface area contributed by atoms with Crippen LogP contribution in [-0.2, 0) is 9.53 Å². The van der Waals surface area contributed by atoms with Gasteiger partial charge in [0, 0.05) is 0 Å². The lowest BCUT2D eigenvalue weighted by molar-refractivity contribution is -0.121. The van der Waals surface area contributed by atoms with Gasteiger partial charge in [-0.2, -0.15) is 0 Å². The van der Waals surface area contributed by atoms with Gasteiger partial charge >= 0.3 is 0 Å². The lowest BCUT2D eigenvalue weighted by Gasteiger charge is -2.06. The van der Waals surface area contributed by atoms with Gasteiger partial charge in [-0.1, -0.05) is 6.07 Å². The molecule has 0 aromatic heterocycles. The number of epoxide rings is 1. The number of hydrogen-bond acceptors (Lipinski definition) is 5. The molecule has 1 aromatic rings. The molecule has 1 fully saturated rings. The summed E-state index contributed by atoms with van der Waals surface area (Å²) in [5.74, 6) is 0.239. The Morgan fingerprint density at radius 2 is 2.28 bits per heavy atom. The van der Waals surface area contributed by atoms with Crippen LogP contribution in [0, 0.1) is 0 Å². The van der Waals surface area contributed by atoms with Crippen LogP contribution < -0.4 is 9.47 Å². The molecule has 2 atom stereocenters. The second-order valence-corrected chi connectivity index (χ2v) is 4.37. The second kappa shape index (κ2) is 4.10. The molecule has 0 amide bonds. The van der Waals surface area contributed by atoms with E-state index in [9.17, 15) is 9.59 Å². The zero-order chi connectivity index (χ0) is 12.7. The normalized spacial score (nSPS) is 24.4. The molecule has 0 saturated carbocycles. The van der Waals surface area contributed by atoms with Crippen LogP contribution in [0.2, 0.25) is 0 Å². The summed E-state index contributed by atoms with van der Waals surface area (Å²) in [6, 6.07) is 5.10. The number of carbonyl (C=O) groups excluding carboxylic acids is 2. The van der Waals surface area contributed by atoms with Gasteiger partial charge in [0.25, 0.3) is 0 Å². The van der Waals surface area contributed by atoms with Crippen molar-refractivity contribution in [2.75, 3.05) is 13.2 Å². The van der Waals surface area contributed by atoms with Crippen molar-refractivity contribution in [1.82, 2.24) is 0 Å². The molecule has 5 heteroatoms. The summed E-state index contributed by atoms with van der Waals surface area (Å²) < 4.78 is 15.9. The SMILES string of the molecule is CC(=O)C1Oc2cccc(OCC3CO3)c2C1=O. The number of benzene rings is 1. The van der Waals surface area contributed by atoms with Gasteiger partial charge in [-0.05, 0) is 19.1 Å². The zero-order valence-electron chi connectivity index (χ0n) is 9.84. The molecule has 0 spiro atoms. The number of carbonyl (C=O) groups is 2. The Morgan fingerprint density at radius 1 is 1.50 bits per heavy atom. The largest absolute Gasteiger partial charge is 0.490 e. The maximum absolute atomic E-state index is 12.1. The predicted molar refractivity (Wildman–Crippen MR) is 61.1 cm³/mol. The molecular weight excluding hydrogens is 236 g/mol. The van der Waals surface area contributed by atoms with Gasteiger partial charge in [0.05, 0.1) is 6.61 Å². The predicted octanol–water partition coefficient (Wildman–Crippen LogP) is 0.997. The third kappa shape index (κ3) is 1.86. The van der Waals surface area contributed by atoms with Crippen LogP contribution in [-0.4, -0.2) is 37.0 Å². The summed E-state index contributed by atoms with van der Waals surface area (Å²) in [5.41, 5.74) is 0.360. The number of ether oxygens (including phenoxy) is 3. The molecule has 0 radical (unpaired) electrons. The maximum Gasteiger partial charge on any atom is 0.219 e. The lowest BCUT2D eigenvalue weighted by Crippen LogP contribution is -2.28. The summed E-state index contributed by atoms with van der Waals surface area (Å²) >= 11 is 0. The molecule has 1 aromatic carbocycles. The van der Waals surface area contributed by atoms with E-state index in [-0.39, 0.29) is 17.7 Å². The van der Waals surface area contributed by atoms with Crippen LogP contribution in [0.4, 0.5) is 0 Å². The van der Waals surface area contributed by atoms with Gasteiger partial charge < -0.3 is 14.2 Å². The first kappa shape index (κ1) is 11.2. The highest BCUT2D eigenvalue weighted by Crippen LogP contribution is 2.36. The van der Waals surface area contributed by atoms with Crippen LogP contribution in [0.1, 0.15) is 17.3 Å². The third-order valence-corrected chi connectivity index (χ3v) is 2.91. The fraction of sp³-hybridized carbons (Fsp3) is 0.385. The number of rotatable bonds is 4. The number of Topliss-reactive ketones (excluding diaryl/α,β-unsaturated/α-hetero) is 2. The fourth-order valence-corrected chi connectivity index (χ4v) is 1.90. The van der Waals surface area contributed by atoms with Crippen molar-refractivity contribution in [3.05, 3.63) is 23.8 Å². The first-order valence-corrected chi connectivity index (χ1v) is 5.75. The van der Waals surface area contributed by atoms with Crippen molar-refractivity contribution in [1.29, 1.82) is 0 Å². The van der Waals surface area contributed by atoms with Crippen molar-refractivity contribution in [3.63, 3.8) is 0 Å². The molecule has 2 unspecified atom stereocenters. The Balaban J connectivity index is 1.87. The van der Waals surface area contributed by atoms with Gasteiger partial charge in [-0.15, -0.1) is 0 Å². The molecule has 18 heavy (non-hydrogen) atoms. The Hall–Kier alpha value is -1.88. The minimum Gasteiger partial charge on any atom is -0.490 e. The molecule has 2 aliphatic rings. The van der Waals surface area contributed by atoms with Gasteiger partial charge in [0.2, 0.25) is 11.9 Å². The first-order valence-electron chi connectivity index (χ1n) is 5.75. The third-order valence-electron chi connectivity index (χ3n) is 2.91. The van der Waals surface area contributed by atoms with E-state index < -0.39 is 6.10 Å². The number of ketones is 2. The van der Waals surface area contributed by atoms with E-state index in [0.29, 0.717) is 30.3 Å². The Bertz CT molecular complexity index is 518. The fourth-order valence-electron chi connectivity index (χ4n) is 1.90. The minimum absolute atomic E-state index is 0.113. The van der Waals surface area contributed by atoms with Crippen LogP contribution in [0.3, 0.4) is 0 Å². The van der Waals surface area contributed by atoms with Crippen molar-refractivity contribution >= 4 is 11.6 Å². The van der Waals surface area contributed by atoms with Gasteiger partial charge in [0.1, 0.15) is 29.8 Å². The maximum atomic E-state index is 12.1. The molecule has 1 saturated heterocycles. The van der Waals surface area contributed by atoms with Crippen molar-refractivity contribution in [2.45, 2.75) is 19.1 Å². The zero-order valence-corrected chi connectivity index (χ0v) is 9.84. The quantitative estimate of drug-likeness (QED) is 0.587. The molecular formula is C13H12O5. The average molecular weight is 248 g/mol. The highest BCUT2D eigenvalue weighted by molar-refractivity contribution is 6.17. The summed E-state index contributed by atoms with van der Waals surface area (Å²) in [5, 5.41) is 0. The van der Waals surface area contributed by atoms with E-state index in [1.54, 1.807) is 18.2 Å². The second-order valence-electron chi connectivity index (χ2n) is 4.37. The average Bonchev–Trinajstić information content (AvgIpc) is 3.10. The molecule has 0 bridgehead atoms. The van der Waals surface area contributed by atoms with Crippen molar-refractivity contribution in [2.24, 2.45) is 0 Å². The highest BCUT2D eigenvalue weighted by Gasteiger charge is 2.38. The topological polar surface area (TPSA) is 65.1 Å². The lowest BCUT2D eigenvalue weighted by atomic mass is 10.1. The van der Waals surface area contributed by atoms with Crippen LogP contribution in [0.15, 0.2) is 18.2 Å². The van der Waals surface area contributed by atoms with Crippen molar-refractivity contribution < 1.29 is 23.8 Å². The smallest absolute Gasteiger partial charge is 0.219 e.